The fourth-order valence-corrected chi connectivity index (χ4v) is 1.37. The lowest BCUT2D eigenvalue weighted by molar-refractivity contribution is -0.142. The Balaban J connectivity index is 2.53. The number of aliphatic hydroxyl groups is 1. The van der Waals surface area contributed by atoms with Crippen LogP contribution in [0, 0.1) is 0 Å². The average molecular weight is 239 g/mol. The fraction of sp³-hybridized carbons (Fsp3) is 0.417. The van der Waals surface area contributed by atoms with Gasteiger partial charge in [-0.25, -0.2) is 0 Å². The largest absolute Gasteiger partial charge is 0.491 e. The monoisotopic (exact) mass is 239 g/mol. The van der Waals surface area contributed by atoms with E-state index in [0.717, 1.165) is 5.56 Å². The third-order valence-corrected chi connectivity index (χ3v) is 2.24. The van der Waals surface area contributed by atoms with Crippen LogP contribution in [-0.4, -0.2) is 37.4 Å². The van der Waals surface area contributed by atoms with Crippen LogP contribution in [0.3, 0.4) is 0 Å². The van der Waals surface area contributed by atoms with Crippen molar-refractivity contribution in [3.05, 3.63) is 29.8 Å². The fourth-order valence-electron chi connectivity index (χ4n) is 1.37. The Morgan fingerprint density at radius 3 is 2.59 bits per heavy atom. The number of carbonyl (C=O) groups excluding carboxylic acids is 1. The van der Waals surface area contributed by atoms with Gasteiger partial charge in [0.05, 0.1) is 13.7 Å². The first-order chi connectivity index (χ1) is 8.17. The lowest BCUT2D eigenvalue weighted by Gasteiger charge is -2.10. The SMILES string of the molecule is COC(=O)C(N)Cc1ccc(OCCO)cc1. The van der Waals surface area contributed by atoms with Gasteiger partial charge in [0.15, 0.2) is 0 Å². The highest BCUT2D eigenvalue weighted by molar-refractivity contribution is 5.75. The van der Waals surface area contributed by atoms with Crippen molar-refractivity contribution < 1.29 is 19.4 Å². The van der Waals surface area contributed by atoms with E-state index < -0.39 is 12.0 Å². The summed E-state index contributed by atoms with van der Waals surface area (Å²) >= 11 is 0. The zero-order valence-corrected chi connectivity index (χ0v) is 9.76. The second-order valence-electron chi connectivity index (χ2n) is 3.55. The van der Waals surface area contributed by atoms with Gasteiger partial charge in [-0.2, -0.15) is 0 Å². The Bertz CT molecular complexity index is 350. The molecule has 0 aliphatic rings. The van der Waals surface area contributed by atoms with Gasteiger partial charge in [0.25, 0.3) is 0 Å². The molecule has 0 fully saturated rings. The molecule has 0 aliphatic heterocycles. The van der Waals surface area contributed by atoms with Crippen molar-refractivity contribution in [2.45, 2.75) is 12.5 Å². The first kappa shape index (κ1) is 13.5. The number of nitrogens with two attached hydrogens (primary N) is 1. The van der Waals surface area contributed by atoms with Crippen LogP contribution in [0.15, 0.2) is 24.3 Å². The van der Waals surface area contributed by atoms with Crippen molar-refractivity contribution >= 4 is 5.97 Å². The molecule has 0 bridgehead atoms. The molecule has 0 amide bonds. The van der Waals surface area contributed by atoms with Crippen molar-refractivity contribution in [1.29, 1.82) is 0 Å². The first-order valence-electron chi connectivity index (χ1n) is 5.33. The average Bonchev–Trinajstić information content (AvgIpc) is 2.37. The molecule has 0 spiro atoms. The van der Waals surface area contributed by atoms with E-state index in [9.17, 15) is 4.79 Å². The molecule has 1 aromatic carbocycles. The number of esters is 1. The molecule has 0 aliphatic carbocycles. The van der Waals surface area contributed by atoms with Gasteiger partial charge in [0.1, 0.15) is 18.4 Å². The maximum absolute atomic E-state index is 11.1. The molecular formula is C12H17NO4. The summed E-state index contributed by atoms with van der Waals surface area (Å²) < 4.78 is 9.76. The van der Waals surface area contributed by atoms with Crippen LogP contribution < -0.4 is 10.5 Å². The number of hydrogen-bond acceptors (Lipinski definition) is 5. The minimum atomic E-state index is -0.649. The Kier molecular flexibility index (Phi) is 5.45. The number of carbonyl (C=O) groups is 1. The maximum Gasteiger partial charge on any atom is 0.322 e. The van der Waals surface area contributed by atoms with Crippen LogP contribution in [-0.2, 0) is 16.0 Å². The van der Waals surface area contributed by atoms with E-state index in [-0.39, 0.29) is 13.2 Å². The Morgan fingerprint density at radius 2 is 2.06 bits per heavy atom. The van der Waals surface area contributed by atoms with Crippen molar-refractivity contribution in [2.24, 2.45) is 5.73 Å². The lowest BCUT2D eigenvalue weighted by atomic mass is 10.1. The molecule has 0 radical (unpaired) electrons. The second-order valence-corrected chi connectivity index (χ2v) is 3.55. The highest BCUT2D eigenvalue weighted by Gasteiger charge is 2.13. The van der Waals surface area contributed by atoms with Gasteiger partial charge in [0, 0.05) is 0 Å². The van der Waals surface area contributed by atoms with Crippen LogP contribution in [0.4, 0.5) is 0 Å². The van der Waals surface area contributed by atoms with Crippen LogP contribution >= 0.6 is 0 Å². The molecule has 17 heavy (non-hydrogen) atoms. The van der Waals surface area contributed by atoms with Gasteiger partial charge in [-0.1, -0.05) is 12.1 Å². The summed E-state index contributed by atoms with van der Waals surface area (Å²) in [5.41, 5.74) is 6.57. The third kappa shape index (κ3) is 4.42. The van der Waals surface area contributed by atoms with Gasteiger partial charge in [-0.05, 0) is 24.1 Å². The standard InChI is InChI=1S/C12H17NO4/c1-16-12(15)11(13)8-9-2-4-10(5-3-9)17-7-6-14/h2-5,11,14H,6-8,13H2,1H3. The Hall–Kier alpha value is -1.59. The molecule has 1 aromatic rings. The predicted molar refractivity (Wildman–Crippen MR) is 62.7 cm³/mol. The van der Waals surface area contributed by atoms with Crippen molar-refractivity contribution in [1.82, 2.24) is 0 Å². The third-order valence-electron chi connectivity index (χ3n) is 2.24. The summed E-state index contributed by atoms with van der Waals surface area (Å²) in [6, 6.07) is 6.55. The van der Waals surface area contributed by atoms with Crippen molar-refractivity contribution in [3.8, 4) is 5.75 Å². The summed E-state index contributed by atoms with van der Waals surface area (Å²) in [7, 11) is 1.31. The normalized spacial score (nSPS) is 11.9. The second kappa shape index (κ2) is 6.88. The van der Waals surface area contributed by atoms with E-state index in [0.29, 0.717) is 12.2 Å². The van der Waals surface area contributed by atoms with Crippen LogP contribution in [0.25, 0.3) is 0 Å². The molecule has 1 unspecified atom stereocenters. The minimum Gasteiger partial charge on any atom is -0.491 e. The summed E-state index contributed by atoms with van der Waals surface area (Å²) in [6.07, 6.45) is 0.424. The highest BCUT2D eigenvalue weighted by Crippen LogP contribution is 2.13. The van der Waals surface area contributed by atoms with Gasteiger partial charge in [-0.15, -0.1) is 0 Å². The Labute approximate surface area is 100 Å². The van der Waals surface area contributed by atoms with Crippen LogP contribution in [0.2, 0.25) is 0 Å². The summed E-state index contributed by atoms with van der Waals surface area (Å²) in [6.45, 7) is 0.246. The summed E-state index contributed by atoms with van der Waals surface area (Å²) in [4.78, 5) is 11.1. The molecule has 0 heterocycles. The maximum atomic E-state index is 11.1. The molecule has 1 atom stereocenters. The molecule has 0 aromatic heterocycles. The number of methoxy groups -OCH3 is 1. The van der Waals surface area contributed by atoms with E-state index in [1.165, 1.54) is 7.11 Å². The number of aliphatic hydroxyl groups excluding tert-OH is 1. The van der Waals surface area contributed by atoms with Gasteiger partial charge in [0.2, 0.25) is 0 Å². The van der Waals surface area contributed by atoms with E-state index in [2.05, 4.69) is 4.74 Å². The van der Waals surface area contributed by atoms with Gasteiger partial charge < -0.3 is 20.3 Å². The number of benzene rings is 1. The van der Waals surface area contributed by atoms with E-state index in [1.807, 2.05) is 12.1 Å². The molecule has 94 valence electrons. The van der Waals surface area contributed by atoms with E-state index in [4.69, 9.17) is 15.6 Å². The highest BCUT2D eigenvalue weighted by atomic mass is 16.5. The van der Waals surface area contributed by atoms with Crippen LogP contribution in [0.1, 0.15) is 5.56 Å². The Morgan fingerprint density at radius 1 is 1.41 bits per heavy atom. The molecule has 5 nitrogen and oxygen atoms in total. The quantitative estimate of drug-likeness (QED) is 0.688. The molecule has 3 N–H and O–H groups in total. The molecule has 5 heteroatoms. The van der Waals surface area contributed by atoms with E-state index >= 15 is 0 Å². The number of hydrogen-bond donors (Lipinski definition) is 2. The number of ether oxygens (including phenoxy) is 2. The van der Waals surface area contributed by atoms with Crippen LogP contribution in [0.5, 0.6) is 5.75 Å². The number of rotatable bonds is 6. The molecule has 0 saturated carbocycles. The zero-order valence-electron chi connectivity index (χ0n) is 9.76. The summed E-state index contributed by atoms with van der Waals surface area (Å²) in [5.74, 6) is 0.250. The van der Waals surface area contributed by atoms with Crippen molar-refractivity contribution in [3.63, 3.8) is 0 Å². The van der Waals surface area contributed by atoms with Gasteiger partial charge in [-0.3, -0.25) is 4.79 Å². The molecule has 0 saturated heterocycles. The smallest absolute Gasteiger partial charge is 0.322 e. The first-order valence-corrected chi connectivity index (χ1v) is 5.33. The molecule has 1 rings (SSSR count). The predicted octanol–water partition coefficient (Wildman–Crippen LogP) is 0.100. The van der Waals surface area contributed by atoms with Gasteiger partial charge >= 0.3 is 5.97 Å². The zero-order chi connectivity index (χ0) is 12.7. The van der Waals surface area contributed by atoms with Crippen molar-refractivity contribution in [2.75, 3.05) is 20.3 Å². The minimum absolute atomic E-state index is 0.0189. The molecular weight excluding hydrogens is 222 g/mol. The van der Waals surface area contributed by atoms with E-state index in [1.54, 1.807) is 12.1 Å². The topological polar surface area (TPSA) is 81.8 Å². The lowest BCUT2D eigenvalue weighted by Crippen LogP contribution is -2.33. The summed E-state index contributed by atoms with van der Waals surface area (Å²) in [5, 5.41) is 8.60.